The van der Waals surface area contributed by atoms with E-state index in [2.05, 4.69) is 9.72 Å². The van der Waals surface area contributed by atoms with Crippen molar-refractivity contribution in [3.8, 4) is 5.88 Å². The highest BCUT2D eigenvalue weighted by Crippen LogP contribution is 2.33. The van der Waals surface area contributed by atoms with Gasteiger partial charge in [-0.25, -0.2) is 18.2 Å². The van der Waals surface area contributed by atoms with Crippen molar-refractivity contribution in [1.82, 2.24) is 4.98 Å². The van der Waals surface area contributed by atoms with Crippen LogP contribution in [-0.2, 0) is 6.61 Å². The third-order valence-electron chi connectivity index (χ3n) is 1.72. The first-order chi connectivity index (χ1) is 7.76. The summed E-state index contributed by atoms with van der Waals surface area (Å²) in [6, 6.07) is 0. The smallest absolute Gasteiger partial charge is 0.391 e. The molecule has 1 N–H and O–H groups in total. The van der Waals surface area contributed by atoms with Crippen molar-refractivity contribution in [3.05, 3.63) is 23.1 Å². The summed E-state index contributed by atoms with van der Waals surface area (Å²) < 4.78 is 76.6. The maximum Gasteiger partial charge on any atom is 0.574 e. The lowest BCUT2D eigenvalue weighted by atomic mass is 10.1. The zero-order chi connectivity index (χ0) is 13.2. The Bertz CT molecular complexity index is 406. The van der Waals surface area contributed by atoms with Crippen molar-refractivity contribution in [2.75, 3.05) is 0 Å². The Labute approximate surface area is 90.6 Å². The fourth-order valence-electron chi connectivity index (χ4n) is 1.11. The lowest BCUT2D eigenvalue weighted by Gasteiger charge is -2.14. The average Bonchev–Trinajstić information content (AvgIpc) is 2.17. The standard InChI is InChI=1S/C8H5F6NO2/c9-4-1-15-7(17-8(12,13)14)3(2-16)5(4)6(10)11/h1,6,16H,2H2. The molecular weight excluding hydrogens is 256 g/mol. The number of nitrogens with zero attached hydrogens (tertiary/aromatic N) is 1. The van der Waals surface area contributed by atoms with Gasteiger partial charge in [0.1, 0.15) is 0 Å². The second-order valence-electron chi connectivity index (χ2n) is 2.81. The Morgan fingerprint density at radius 3 is 2.35 bits per heavy atom. The lowest BCUT2D eigenvalue weighted by Crippen LogP contribution is -2.20. The quantitative estimate of drug-likeness (QED) is 0.850. The Kier molecular flexibility index (Phi) is 3.81. The van der Waals surface area contributed by atoms with E-state index in [1.165, 1.54) is 0 Å². The largest absolute Gasteiger partial charge is 0.574 e. The molecule has 0 spiro atoms. The number of aliphatic hydroxyl groups is 1. The van der Waals surface area contributed by atoms with Gasteiger partial charge in [-0.3, -0.25) is 0 Å². The minimum atomic E-state index is -5.17. The van der Waals surface area contributed by atoms with Gasteiger partial charge in [-0.05, 0) is 0 Å². The SMILES string of the molecule is OCc1c(OC(F)(F)F)ncc(F)c1C(F)F. The van der Waals surface area contributed by atoms with Crippen molar-refractivity contribution in [2.24, 2.45) is 0 Å². The Morgan fingerprint density at radius 1 is 1.35 bits per heavy atom. The molecule has 9 heteroatoms. The van der Waals surface area contributed by atoms with Crippen molar-refractivity contribution in [2.45, 2.75) is 19.4 Å². The minimum absolute atomic E-state index is 0.168. The van der Waals surface area contributed by atoms with Gasteiger partial charge in [0.25, 0.3) is 6.43 Å². The third kappa shape index (κ3) is 3.22. The Hall–Kier alpha value is -1.51. The number of aromatic nitrogens is 1. The molecular formula is C8H5F6NO2. The number of halogens is 6. The van der Waals surface area contributed by atoms with Gasteiger partial charge in [0.2, 0.25) is 5.88 Å². The van der Waals surface area contributed by atoms with Crippen molar-refractivity contribution in [1.29, 1.82) is 0 Å². The monoisotopic (exact) mass is 261 g/mol. The van der Waals surface area contributed by atoms with Crippen LogP contribution in [0, 0.1) is 5.82 Å². The molecule has 0 saturated heterocycles. The maximum atomic E-state index is 12.9. The van der Waals surface area contributed by atoms with Crippen LogP contribution in [-0.4, -0.2) is 16.5 Å². The van der Waals surface area contributed by atoms with Gasteiger partial charge < -0.3 is 9.84 Å². The number of hydrogen-bond donors (Lipinski definition) is 1. The van der Waals surface area contributed by atoms with Crippen LogP contribution in [0.2, 0.25) is 0 Å². The van der Waals surface area contributed by atoms with Crippen LogP contribution in [0.4, 0.5) is 26.3 Å². The summed E-state index contributed by atoms with van der Waals surface area (Å²) in [5.41, 5.74) is -2.39. The molecule has 96 valence electrons. The first-order valence-corrected chi connectivity index (χ1v) is 4.08. The molecule has 0 fully saturated rings. The van der Waals surface area contributed by atoms with Crippen LogP contribution in [0.15, 0.2) is 6.20 Å². The van der Waals surface area contributed by atoms with Crippen molar-refractivity contribution >= 4 is 0 Å². The van der Waals surface area contributed by atoms with Crippen LogP contribution >= 0.6 is 0 Å². The normalized spacial score (nSPS) is 12.0. The van der Waals surface area contributed by atoms with Gasteiger partial charge in [-0.2, -0.15) is 0 Å². The van der Waals surface area contributed by atoms with Crippen molar-refractivity contribution < 1.29 is 36.2 Å². The van der Waals surface area contributed by atoms with Crippen LogP contribution < -0.4 is 4.74 Å². The van der Waals surface area contributed by atoms with Gasteiger partial charge in [0.05, 0.1) is 23.9 Å². The highest BCUT2D eigenvalue weighted by atomic mass is 19.4. The molecule has 0 aliphatic rings. The second kappa shape index (κ2) is 4.78. The van der Waals surface area contributed by atoms with E-state index in [1.807, 2.05) is 0 Å². The van der Waals surface area contributed by atoms with Gasteiger partial charge in [-0.1, -0.05) is 0 Å². The summed E-state index contributed by atoms with van der Waals surface area (Å²) in [7, 11) is 0. The topological polar surface area (TPSA) is 42.4 Å². The summed E-state index contributed by atoms with van der Waals surface area (Å²) >= 11 is 0. The summed E-state index contributed by atoms with van der Waals surface area (Å²) in [4.78, 5) is 2.87. The summed E-state index contributed by atoms with van der Waals surface area (Å²) in [5.74, 6) is -2.81. The molecule has 1 heterocycles. The van der Waals surface area contributed by atoms with Gasteiger partial charge in [0.15, 0.2) is 5.82 Å². The van der Waals surface area contributed by atoms with Crippen LogP contribution in [0.3, 0.4) is 0 Å². The molecule has 1 aromatic heterocycles. The predicted molar refractivity (Wildman–Crippen MR) is 41.8 cm³/mol. The highest BCUT2D eigenvalue weighted by Gasteiger charge is 2.34. The molecule has 0 atom stereocenters. The molecule has 17 heavy (non-hydrogen) atoms. The summed E-state index contributed by atoms with van der Waals surface area (Å²) in [6.07, 6.45) is -8.40. The number of ether oxygens (including phenoxy) is 1. The van der Waals surface area contributed by atoms with E-state index in [-0.39, 0.29) is 6.20 Å². The lowest BCUT2D eigenvalue weighted by molar-refractivity contribution is -0.276. The molecule has 1 rings (SSSR count). The van der Waals surface area contributed by atoms with Crippen molar-refractivity contribution in [3.63, 3.8) is 0 Å². The summed E-state index contributed by atoms with van der Waals surface area (Å²) in [6.45, 7) is -1.25. The minimum Gasteiger partial charge on any atom is -0.391 e. The number of pyridine rings is 1. The van der Waals surface area contributed by atoms with Gasteiger partial charge in [-0.15, -0.1) is 13.2 Å². The number of aliphatic hydroxyl groups excluding tert-OH is 1. The molecule has 0 bridgehead atoms. The number of rotatable bonds is 3. The highest BCUT2D eigenvalue weighted by molar-refractivity contribution is 5.35. The Morgan fingerprint density at radius 2 is 1.94 bits per heavy atom. The molecule has 3 nitrogen and oxygen atoms in total. The zero-order valence-corrected chi connectivity index (χ0v) is 7.93. The number of alkyl halides is 5. The molecule has 0 amide bonds. The predicted octanol–water partition coefficient (Wildman–Crippen LogP) is 2.55. The van der Waals surface area contributed by atoms with E-state index in [4.69, 9.17) is 5.11 Å². The van der Waals surface area contributed by atoms with E-state index >= 15 is 0 Å². The molecule has 0 aliphatic heterocycles. The fourth-order valence-corrected chi connectivity index (χ4v) is 1.11. The fraction of sp³-hybridized carbons (Fsp3) is 0.375. The second-order valence-corrected chi connectivity index (χ2v) is 2.81. The first kappa shape index (κ1) is 13.6. The zero-order valence-electron chi connectivity index (χ0n) is 7.93. The van der Waals surface area contributed by atoms with E-state index in [1.54, 1.807) is 0 Å². The number of hydrogen-bond acceptors (Lipinski definition) is 3. The molecule has 0 aliphatic carbocycles. The molecule has 0 saturated carbocycles. The maximum absolute atomic E-state index is 12.9. The average molecular weight is 261 g/mol. The van der Waals surface area contributed by atoms with Crippen LogP contribution in [0.1, 0.15) is 17.6 Å². The first-order valence-electron chi connectivity index (χ1n) is 4.08. The molecule has 1 aromatic rings. The van der Waals surface area contributed by atoms with E-state index < -0.39 is 42.2 Å². The molecule has 0 unspecified atom stereocenters. The Balaban J connectivity index is 3.28. The van der Waals surface area contributed by atoms with Gasteiger partial charge in [0, 0.05) is 0 Å². The van der Waals surface area contributed by atoms with Crippen LogP contribution in [0.5, 0.6) is 5.88 Å². The third-order valence-corrected chi connectivity index (χ3v) is 1.72. The molecule has 0 radical (unpaired) electrons. The van der Waals surface area contributed by atoms with Gasteiger partial charge >= 0.3 is 6.36 Å². The van der Waals surface area contributed by atoms with Crippen LogP contribution in [0.25, 0.3) is 0 Å². The van der Waals surface area contributed by atoms with E-state index in [9.17, 15) is 26.3 Å². The molecule has 0 aromatic carbocycles. The summed E-state index contributed by atoms with van der Waals surface area (Å²) in [5, 5.41) is 8.68. The van der Waals surface area contributed by atoms with E-state index in [0.29, 0.717) is 0 Å². The van der Waals surface area contributed by atoms with E-state index in [0.717, 1.165) is 0 Å².